The first-order chi connectivity index (χ1) is 8.84. The van der Waals surface area contributed by atoms with Crippen LogP contribution in [-0.4, -0.2) is 25.8 Å². The van der Waals surface area contributed by atoms with E-state index in [2.05, 4.69) is 6.58 Å². The van der Waals surface area contributed by atoms with E-state index >= 15 is 0 Å². The molecule has 0 atom stereocenters. The molecule has 0 saturated carbocycles. The molecule has 0 heterocycles. The van der Waals surface area contributed by atoms with Crippen molar-refractivity contribution in [3.63, 3.8) is 0 Å². The van der Waals surface area contributed by atoms with E-state index in [1.54, 1.807) is 18.2 Å². The van der Waals surface area contributed by atoms with Crippen LogP contribution in [0.3, 0.4) is 0 Å². The fourth-order valence-corrected chi connectivity index (χ4v) is 1.47. The van der Waals surface area contributed by atoms with Gasteiger partial charge in [0, 0.05) is 6.61 Å². The number of hydrogen-bond acceptors (Lipinski definition) is 3. The molecular formula is C15H20O3. The summed E-state index contributed by atoms with van der Waals surface area (Å²) in [6.45, 7) is 5.38. The van der Waals surface area contributed by atoms with E-state index in [4.69, 9.17) is 9.47 Å². The third-order valence-corrected chi connectivity index (χ3v) is 2.41. The van der Waals surface area contributed by atoms with Crippen LogP contribution in [-0.2, 0) is 9.47 Å². The molecule has 1 aromatic carbocycles. The van der Waals surface area contributed by atoms with E-state index < -0.39 is 0 Å². The number of rotatable bonds is 9. The van der Waals surface area contributed by atoms with Crippen LogP contribution in [0.25, 0.3) is 0 Å². The average Bonchev–Trinajstić information content (AvgIpc) is 2.42. The summed E-state index contributed by atoms with van der Waals surface area (Å²) in [5, 5.41) is 0. The number of ether oxygens (including phenoxy) is 2. The zero-order valence-electron chi connectivity index (χ0n) is 10.6. The zero-order chi connectivity index (χ0) is 13.1. The van der Waals surface area contributed by atoms with Crippen molar-refractivity contribution in [1.82, 2.24) is 0 Å². The van der Waals surface area contributed by atoms with E-state index in [9.17, 15) is 4.79 Å². The number of unbranched alkanes of at least 4 members (excludes halogenated alkanes) is 2. The molecule has 98 valence electrons. The van der Waals surface area contributed by atoms with Crippen LogP contribution in [0.15, 0.2) is 43.0 Å². The fourth-order valence-electron chi connectivity index (χ4n) is 1.47. The number of esters is 1. The summed E-state index contributed by atoms with van der Waals surface area (Å²) in [5.41, 5.74) is 0.604. The van der Waals surface area contributed by atoms with Crippen LogP contribution in [0.4, 0.5) is 0 Å². The number of carbonyl (C=O) groups is 1. The minimum Gasteiger partial charge on any atom is -0.462 e. The quantitative estimate of drug-likeness (QED) is 0.382. The molecule has 0 aliphatic rings. The maximum Gasteiger partial charge on any atom is 0.338 e. The second kappa shape index (κ2) is 9.42. The van der Waals surface area contributed by atoms with Crippen LogP contribution >= 0.6 is 0 Å². The number of benzene rings is 1. The predicted octanol–water partition coefficient (Wildman–Crippen LogP) is 3.22. The average molecular weight is 248 g/mol. The van der Waals surface area contributed by atoms with Gasteiger partial charge in [-0.15, -0.1) is 6.58 Å². The Labute approximate surface area is 108 Å². The maximum atomic E-state index is 11.6. The lowest BCUT2D eigenvalue weighted by Gasteiger charge is -2.05. The van der Waals surface area contributed by atoms with Crippen molar-refractivity contribution in [2.45, 2.75) is 19.3 Å². The Kier molecular flexibility index (Phi) is 7.57. The Bertz CT molecular complexity index is 346. The summed E-state index contributed by atoms with van der Waals surface area (Å²) in [7, 11) is 0. The first-order valence-corrected chi connectivity index (χ1v) is 6.25. The summed E-state index contributed by atoms with van der Waals surface area (Å²) >= 11 is 0. The van der Waals surface area contributed by atoms with Crippen molar-refractivity contribution in [2.75, 3.05) is 19.8 Å². The predicted molar refractivity (Wildman–Crippen MR) is 71.6 cm³/mol. The van der Waals surface area contributed by atoms with Gasteiger partial charge in [-0.3, -0.25) is 0 Å². The van der Waals surface area contributed by atoms with Gasteiger partial charge in [0.05, 0.1) is 18.8 Å². The van der Waals surface area contributed by atoms with Gasteiger partial charge >= 0.3 is 5.97 Å². The van der Waals surface area contributed by atoms with Gasteiger partial charge in [-0.25, -0.2) is 4.79 Å². The summed E-state index contributed by atoms with van der Waals surface area (Å²) in [5.74, 6) is -0.251. The van der Waals surface area contributed by atoms with E-state index in [0.29, 0.717) is 18.8 Å². The number of carbonyl (C=O) groups excluding carboxylic acids is 1. The molecule has 0 spiro atoms. The minimum atomic E-state index is -0.251. The Hall–Kier alpha value is -1.61. The Morgan fingerprint density at radius 2 is 1.83 bits per heavy atom. The van der Waals surface area contributed by atoms with Crippen molar-refractivity contribution in [1.29, 1.82) is 0 Å². The molecule has 0 aliphatic carbocycles. The van der Waals surface area contributed by atoms with Crippen molar-refractivity contribution in [2.24, 2.45) is 0 Å². The molecule has 3 heteroatoms. The largest absolute Gasteiger partial charge is 0.462 e. The summed E-state index contributed by atoms with van der Waals surface area (Å²) in [6, 6.07) is 9.04. The molecule has 0 aliphatic heterocycles. The molecule has 0 radical (unpaired) electrons. The van der Waals surface area contributed by atoms with Gasteiger partial charge < -0.3 is 9.47 Å². The Balaban J connectivity index is 2.01. The van der Waals surface area contributed by atoms with Crippen molar-refractivity contribution < 1.29 is 14.3 Å². The summed E-state index contributed by atoms with van der Waals surface area (Å²) < 4.78 is 10.4. The Morgan fingerprint density at radius 3 is 2.56 bits per heavy atom. The van der Waals surface area contributed by atoms with Gasteiger partial charge in [0.25, 0.3) is 0 Å². The first-order valence-electron chi connectivity index (χ1n) is 6.25. The van der Waals surface area contributed by atoms with Crippen LogP contribution in [0.5, 0.6) is 0 Å². The van der Waals surface area contributed by atoms with Gasteiger partial charge in [0.15, 0.2) is 0 Å². The Morgan fingerprint density at radius 1 is 1.11 bits per heavy atom. The zero-order valence-corrected chi connectivity index (χ0v) is 10.6. The first kappa shape index (κ1) is 14.5. The fraction of sp³-hybridized carbons (Fsp3) is 0.400. The molecule has 0 N–H and O–H groups in total. The van der Waals surface area contributed by atoms with Crippen molar-refractivity contribution >= 4 is 5.97 Å². The molecule has 0 amide bonds. The SMILES string of the molecule is C=CCOCCCCCOC(=O)c1ccccc1. The molecule has 1 aromatic rings. The lowest BCUT2D eigenvalue weighted by atomic mass is 10.2. The van der Waals surface area contributed by atoms with Crippen molar-refractivity contribution in [3.8, 4) is 0 Å². The third kappa shape index (κ3) is 6.21. The van der Waals surface area contributed by atoms with Gasteiger partial charge in [0.2, 0.25) is 0 Å². The summed E-state index contributed by atoms with van der Waals surface area (Å²) in [6.07, 6.45) is 4.59. The van der Waals surface area contributed by atoms with E-state index in [1.165, 1.54) is 0 Å². The lowest BCUT2D eigenvalue weighted by molar-refractivity contribution is 0.0495. The highest BCUT2D eigenvalue weighted by molar-refractivity contribution is 5.89. The highest BCUT2D eigenvalue weighted by atomic mass is 16.5. The van der Waals surface area contributed by atoms with E-state index in [-0.39, 0.29) is 5.97 Å². The molecule has 0 bridgehead atoms. The monoisotopic (exact) mass is 248 g/mol. The van der Waals surface area contributed by atoms with Crippen LogP contribution < -0.4 is 0 Å². The molecular weight excluding hydrogens is 228 g/mol. The molecule has 1 rings (SSSR count). The van der Waals surface area contributed by atoms with Gasteiger partial charge in [-0.2, -0.15) is 0 Å². The highest BCUT2D eigenvalue weighted by Crippen LogP contribution is 2.03. The number of hydrogen-bond donors (Lipinski definition) is 0. The third-order valence-electron chi connectivity index (χ3n) is 2.41. The van der Waals surface area contributed by atoms with Crippen LogP contribution in [0.2, 0.25) is 0 Å². The van der Waals surface area contributed by atoms with Crippen LogP contribution in [0, 0.1) is 0 Å². The lowest BCUT2D eigenvalue weighted by Crippen LogP contribution is -2.06. The van der Waals surface area contributed by atoms with Crippen LogP contribution in [0.1, 0.15) is 29.6 Å². The van der Waals surface area contributed by atoms with Gasteiger partial charge in [0.1, 0.15) is 0 Å². The molecule has 0 unspecified atom stereocenters. The molecule has 0 aromatic heterocycles. The maximum absolute atomic E-state index is 11.6. The summed E-state index contributed by atoms with van der Waals surface area (Å²) in [4.78, 5) is 11.6. The van der Waals surface area contributed by atoms with Crippen molar-refractivity contribution in [3.05, 3.63) is 48.6 Å². The molecule has 3 nitrogen and oxygen atoms in total. The molecule has 0 fully saturated rings. The van der Waals surface area contributed by atoms with Gasteiger partial charge in [-0.05, 0) is 31.4 Å². The highest BCUT2D eigenvalue weighted by Gasteiger charge is 2.04. The minimum absolute atomic E-state index is 0.251. The second-order valence-corrected chi connectivity index (χ2v) is 3.93. The normalized spacial score (nSPS) is 10.0. The second-order valence-electron chi connectivity index (χ2n) is 3.93. The van der Waals surface area contributed by atoms with Gasteiger partial charge in [-0.1, -0.05) is 24.3 Å². The molecule has 0 saturated heterocycles. The smallest absolute Gasteiger partial charge is 0.338 e. The van der Waals surface area contributed by atoms with E-state index in [1.807, 2.05) is 18.2 Å². The topological polar surface area (TPSA) is 35.5 Å². The van der Waals surface area contributed by atoms with E-state index in [0.717, 1.165) is 25.9 Å². The standard InChI is InChI=1S/C15H20O3/c1-2-11-17-12-7-4-8-13-18-15(16)14-9-5-3-6-10-14/h2-3,5-6,9-10H,1,4,7-8,11-13H2. The molecule has 18 heavy (non-hydrogen) atoms.